The van der Waals surface area contributed by atoms with Crippen LogP contribution in [0.25, 0.3) is 0 Å². The highest BCUT2D eigenvalue weighted by molar-refractivity contribution is 7.39. The standard InChI is InChI=1S/C21H47NO5P2/c1-9-20(24-11-3,25-12-4)28-17-15-22(19(7)23-8)16-18-29-21(10-2,26-13-5)27-14-6/h19,28-29H,9-18H2,1-8H3. The van der Waals surface area contributed by atoms with Crippen LogP contribution >= 0.6 is 17.2 Å². The summed E-state index contributed by atoms with van der Waals surface area (Å²) in [4.78, 5) is 2.40. The van der Waals surface area contributed by atoms with Crippen LogP contribution in [0.3, 0.4) is 0 Å². The molecule has 29 heavy (non-hydrogen) atoms. The minimum absolute atomic E-state index is 0.0787. The number of hydrogen-bond donors (Lipinski definition) is 0. The van der Waals surface area contributed by atoms with Gasteiger partial charge in [0.2, 0.25) is 0 Å². The second kappa shape index (κ2) is 17.2. The number of hydrogen-bond acceptors (Lipinski definition) is 6. The minimum atomic E-state index is -0.436. The van der Waals surface area contributed by atoms with E-state index in [1.807, 2.05) is 27.7 Å². The van der Waals surface area contributed by atoms with Crippen molar-refractivity contribution in [2.75, 3.05) is 59.0 Å². The lowest BCUT2D eigenvalue weighted by molar-refractivity contribution is -0.169. The van der Waals surface area contributed by atoms with Crippen molar-refractivity contribution in [3.8, 4) is 0 Å². The Bertz CT molecular complexity index is 348. The second-order valence-corrected chi connectivity index (χ2v) is 9.90. The summed E-state index contributed by atoms with van der Waals surface area (Å²) < 4.78 is 29.6. The Labute approximate surface area is 183 Å². The van der Waals surface area contributed by atoms with Crippen LogP contribution in [0.5, 0.6) is 0 Å². The van der Waals surface area contributed by atoms with Crippen LogP contribution in [0, 0.1) is 0 Å². The zero-order valence-electron chi connectivity index (χ0n) is 20.1. The number of nitrogens with zero attached hydrogens (tertiary/aromatic N) is 1. The first-order valence-electron chi connectivity index (χ1n) is 11.2. The summed E-state index contributed by atoms with van der Waals surface area (Å²) in [6, 6.07) is 0. The lowest BCUT2D eigenvalue weighted by atomic mass is 10.4. The van der Waals surface area contributed by atoms with E-state index in [0.717, 1.165) is 38.3 Å². The van der Waals surface area contributed by atoms with E-state index in [9.17, 15) is 0 Å². The number of methoxy groups -OCH3 is 1. The van der Waals surface area contributed by atoms with Gasteiger partial charge in [0.25, 0.3) is 0 Å². The van der Waals surface area contributed by atoms with E-state index >= 15 is 0 Å². The van der Waals surface area contributed by atoms with Crippen molar-refractivity contribution >= 4 is 17.2 Å². The molecule has 3 unspecified atom stereocenters. The van der Waals surface area contributed by atoms with E-state index in [1.165, 1.54) is 0 Å². The first-order chi connectivity index (χ1) is 13.9. The molecule has 8 heteroatoms. The third kappa shape index (κ3) is 11.2. The highest BCUT2D eigenvalue weighted by Crippen LogP contribution is 2.39. The van der Waals surface area contributed by atoms with Gasteiger partial charge in [-0.3, -0.25) is 4.90 Å². The minimum Gasteiger partial charge on any atom is -0.367 e. The van der Waals surface area contributed by atoms with E-state index < -0.39 is 11.1 Å². The molecule has 0 bridgehead atoms. The van der Waals surface area contributed by atoms with Crippen molar-refractivity contribution in [2.45, 2.75) is 78.6 Å². The molecule has 176 valence electrons. The Balaban J connectivity index is 4.81. The summed E-state index contributed by atoms with van der Waals surface area (Å²) in [7, 11) is 2.97. The van der Waals surface area contributed by atoms with E-state index in [4.69, 9.17) is 23.7 Å². The zero-order valence-corrected chi connectivity index (χ0v) is 22.1. The van der Waals surface area contributed by atoms with Crippen LogP contribution in [-0.4, -0.2) is 81.1 Å². The van der Waals surface area contributed by atoms with Crippen molar-refractivity contribution in [3.63, 3.8) is 0 Å². The van der Waals surface area contributed by atoms with Gasteiger partial charge >= 0.3 is 0 Å². The maximum atomic E-state index is 5.99. The van der Waals surface area contributed by atoms with Crippen LogP contribution in [0.2, 0.25) is 0 Å². The van der Waals surface area contributed by atoms with Crippen molar-refractivity contribution in [1.29, 1.82) is 0 Å². The third-order valence-electron chi connectivity index (χ3n) is 4.88. The lowest BCUT2D eigenvalue weighted by Crippen LogP contribution is -2.40. The molecule has 0 aliphatic heterocycles. The van der Waals surface area contributed by atoms with Crippen molar-refractivity contribution in [2.24, 2.45) is 0 Å². The molecule has 0 heterocycles. The molecule has 0 N–H and O–H groups in total. The SMILES string of the molecule is CCOC(CC)(OCC)PCCN(CCPC(CC)(OCC)OCC)C(C)OC. The van der Waals surface area contributed by atoms with E-state index in [0.29, 0.717) is 43.6 Å². The molecule has 0 aliphatic carbocycles. The maximum absolute atomic E-state index is 5.99. The predicted octanol–water partition coefficient (Wildman–Crippen LogP) is 4.91. The molecular weight excluding hydrogens is 408 g/mol. The van der Waals surface area contributed by atoms with E-state index in [-0.39, 0.29) is 6.23 Å². The molecule has 0 saturated heterocycles. The highest BCUT2D eigenvalue weighted by Gasteiger charge is 2.30. The fourth-order valence-corrected chi connectivity index (χ4v) is 6.33. The van der Waals surface area contributed by atoms with Crippen molar-refractivity contribution in [3.05, 3.63) is 0 Å². The fraction of sp³-hybridized carbons (Fsp3) is 1.00. The van der Waals surface area contributed by atoms with Crippen LogP contribution in [0.1, 0.15) is 61.3 Å². The summed E-state index contributed by atoms with van der Waals surface area (Å²) in [5.74, 6) is 0. The number of rotatable bonds is 20. The smallest absolute Gasteiger partial charge is 0.183 e. The summed E-state index contributed by atoms with van der Waals surface area (Å²) >= 11 is 0. The Kier molecular flexibility index (Phi) is 17.6. The molecule has 3 atom stereocenters. The van der Waals surface area contributed by atoms with Gasteiger partial charge in [-0.1, -0.05) is 31.0 Å². The van der Waals surface area contributed by atoms with Gasteiger partial charge < -0.3 is 23.7 Å². The molecule has 0 aliphatic rings. The van der Waals surface area contributed by atoms with Gasteiger partial charge in [0.05, 0.1) is 0 Å². The monoisotopic (exact) mass is 455 g/mol. The van der Waals surface area contributed by atoms with Gasteiger partial charge in [0.15, 0.2) is 11.1 Å². The average Bonchev–Trinajstić information content (AvgIpc) is 2.72. The molecular formula is C21H47NO5P2. The van der Waals surface area contributed by atoms with Crippen LogP contribution in [-0.2, 0) is 23.7 Å². The highest BCUT2D eigenvalue weighted by atomic mass is 31.1. The van der Waals surface area contributed by atoms with Crippen molar-refractivity contribution < 1.29 is 23.7 Å². The first-order valence-corrected chi connectivity index (χ1v) is 13.7. The molecule has 0 aromatic rings. The molecule has 0 rings (SSSR count). The molecule has 0 spiro atoms. The van der Waals surface area contributed by atoms with Crippen LogP contribution < -0.4 is 0 Å². The Morgan fingerprint density at radius 1 is 0.690 bits per heavy atom. The largest absolute Gasteiger partial charge is 0.367 e. The Morgan fingerprint density at radius 3 is 1.28 bits per heavy atom. The summed E-state index contributed by atoms with van der Waals surface area (Å²) in [5.41, 5.74) is -0.872. The number of ether oxygens (including phenoxy) is 5. The predicted molar refractivity (Wildman–Crippen MR) is 127 cm³/mol. The molecule has 0 saturated carbocycles. The van der Waals surface area contributed by atoms with Gasteiger partial charge in [0.1, 0.15) is 6.23 Å². The molecule has 6 nitrogen and oxygen atoms in total. The van der Waals surface area contributed by atoms with Crippen LogP contribution in [0.4, 0.5) is 0 Å². The summed E-state index contributed by atoms with van der Waals surface area (Å²) in [6.45, 7) is 19.1. The first kappa shape index (κ1) is 29.6. The molecule has 0 fully saturated rings. The lowest BCUT2D eigenvalue weighted by Gasteiger charge is -2.35. The van der Waals surface area contributed by atoms with Gasteiger partial charge in [-0.25, -0.2) is 0 Å². The van der Waals surface area contributed by atoms with Gasteiger partial charge in [-0.15, -0.1) is 0 Å². The topological polar surface area (TPSA) is 49.4 Å². The summed E-state index contributed by atoms with van der Waals surface area (Å²) in [6.07, 6.45) is 3.88. The van der Waals surface area contributed by atoms with Gasteiger partial charge in [-0.05, 0) is 46.9 Å². The van der Waals surface area contributed by atoms with Gasteiger partial charge in [-0.2, -0.15) is 0 Å². The van der Waals surface area contributed by atoms with E-state index in [1.54, 1.807) is 7.11 Å². The molecule has 0 aromatic carbocycles. The van der Waals surface area contributed by atoms with Crippen LogP contribution in [0.15, 0.2) is 0 Å². The molecule has 0 aromatic heterocycles. The van der Waals surface area contributed by atoms with E-state index in [2.05, 4.69) is 25.7 Å². The Hall–Kier alpha value is 0.620. The summed E-state index contributed by atoms with van der Waals surface area (Å²) in [5, 5.41) is 0. The van der Waals surface area contributed by atoms with Crippen molar-refractivity contribution in [1.82, 2.24) is 4.90 Å². The quantitative estimate of drug-likeness (QED) is 0.192. The maximum Gasteiger partial charge on any atom is 0.183 e. The Morgan fingerprint density at radius 2 is 1.03 bits per heavy atom. The normalized spacial score (nSPS) is 14.8. The second-order valence-electron chi connectivity index (χ2n) is 6.67. The fourth-order valence-electron chi connectivity index (χ4n) is 3.28. The molecule has 0 radical (unpaired) electrons. The average molecular weight is 456 g/mol. The van der Waals surface area contributed by atoms with Gasteiger partial charge in [0, 0.05) is 59.5 Å². The zero-order chi connectivity index (χ0) is 22.2. The third-order valence-corrected chi connectivity index (χ3v) is 8.19. The molecule has 0 amide bonds.